The minimum atomic E-state index is -1.48. The third-order valence-electron chi connectivity index (χ3n) is 5.60. The zero-order valence-corrected chi connectivity index (χ0v) is 16.7. The van der Waals surface area contributed by atoms with Crippen LogP contribution >= 0.6 is 0 Å². The van der Waals surface area contributed by atoms with Crippen LogP contribution in [0.5, 0.6) is 0 Å². The number of fused-ring (bicyclic) bond motifs is 2. The van der Waals surface area contributed by atoms with Crippen LogP contribution in [-0.4, -0.2) is 44.1 Å². The molecule has 0 aliphatic carbocycles. The first-order valence-corrected chi connectivity index (χ1v) is 9.82. The van der Waals surface area contributed by atoms with Gasteiger partial charge in [-0.05, 0) is 49.6 Å². The van der Waals surface area contributed by atoms with Crippen molar-refractivity contribution in [2.45, 2.75) is 32.0 Å². The van der Waals surface area contributed by atoms with Gasteiger partial charge < -0.3 is 9.72 Å². The minimum Gasteiger partial charge on any atom is -0.381 e. The molecule has 6 nitrogen and oxygen atoms in total. The largest absolute Gasteiger partial charge is 0.381 e. The van der Waals surface area contributed by atoms with E-state index in [1.54, 1.807) is 10.7 Å². The number of nitrogens with one attached hydrogen (secondary N) is 1. The number of nitrogens with zero attached hydrogens (tertiary/aromatic N) is 4. The third-order valence-corrected chi connectivity index (χ3v) is 5.60. The van der Waals surface area contributed by atoms with Gasteiger partial charge in [0, 0.05) is 35.6 Å². The van der Waals surface area contributed by atoms with Gasteiger partial charge in [0.2, 0.25) is 0 Å². The summed E-state index contributed by atoms with van der Waals surface area (Å²) in [5.41, 5.74) is 4.10. The fraction of sp³-hybridized carbons (Fsp3) is 0.318. The first-order valence-electron chi connectivity index (χ1n) is 9.82. The van der Waals surface area contributed by atoms with Gasteiger partial charge in [-0.2, -0.15) is 5.10 Å². The molecule has 0 aromatic carbocycles. The number of aryl methyl sites for hydroxylation is 1. The van der Waals surface area contributed by atoms with Crippen molar-refractivity contribution >= 4 is 11.0 Å². The van der Waals surface area contributed by atoms with Gasteiger partial charge in [0.1, 0.15) is 17.2 Å². The number of alkyl halides is 1. The maximum absolute atomic E-state index is 15.3. The van der Waals surface area contributed by atoms with Crippen LogP contribution in [0.25, 0.3) is 33.5 Å². The monoisotopic (exact) mass is 409 g/mol. The molecule has 30 heavy (non-hydrogen) atoms. The lowest BCUT2D eigenvalue weighted by Crippen LogP contribution is -2.39. The highest BCUT2D eigenvalue weighted by Gasteiger charge is 2.38. The van der Waals surface area contributed by atoms with Crippen molar-refractivity contribution in [1.29, 1.82) is 0 Å². The number of rotatable bonds is 4. The van der Waals surface area contributed by atoms with Crippen LogP contribution in [0.2, 0.25) is 0 Å². The van der Waals surface area contributed by atoms with Crippen molar-refractivity contribution in [3.8, 4) is 22.5 Å². The normalized spacial score (nSPS) is 18.7. The Balaban J connectivity index is 1.76. The van der Waals surface area contributed by atoms with Gasteiger partial charge in [-0.3, -0.25) is 9.67 Å². The summed E-state index contributed by atoms with van der Waals surface area (Å²) in [5.74, 6) is -0.417. The molecule has 1 atom stereocenters. The summed E-state index contributed by atoms with van der Waals surface area (Å²) < 4.78 is 35.6. The molecular formula is C22H21F2N5O. The molecule has 4 aromatic heterocycles. The molecule has 0 fully saturated rings. The van der Waals surface area contributed by atoms with Crippen molar-refractivity contribution in [2.24, 2.45) is 0 Å². The Hall–Kier alpha value is -3.13. The number of H-pyrrole nitrogens is 1. The van der Waals surface area contributed by atoms with E-state index in [1.807, 2.05) is 25.3 Å². The second-order valence-electron chi connectivity index (χ2n) is 7.82. The van der Waals surface area contributed by atoms with Crippen LogP contribution in [0.15, 0.2) is 36.7 Å². The van der Waals surface area contributed by atoms with Gasteiger partial charge in [-0.25, -0.2) is 13.8 Å². The Labute approximate surface area is 171 Å². The lowest BCUT2D eigenvalue weighted by molar-refractivity contribution is 0.0100. The van der Waals surface area contributed by atoms with Crippen LogP contribution in [0, 0.1) is 12.7 Å². The summed E-state index contributed by atoms with van der Waals surface area (Å²) in [6, 6.07) is 6.94. The maximum atomic E-state index is 15.3. The summed E-state index contributed by atoms with van der Waals surface area (Å²) in [6.45, 7) is 2.05. The zero-order chi connectivity index (χ0) is 20.9. The highest BCUT2D eigenvalue weighted by molar-refractivity contribution is 5.98. The molecule has 5 heterocycles. The first kappa shape index (κ1) is 18.9. The molecule has 0 radical (unpaired) electrons. The molecule has 1 unspecified atom stereocenters. The van der Waals surface area contributed by atoms with Gasteiger partial charge >= 0.3 is 0 Å². The third kappa shape index (κ3) is 3.08. The van der Waals surface area contributed by atoms with Gasteiger partial charge in [0.15, 0.2) is 5.67 Å². The number of aromatic nitrogens is 5. The van der Waals surface area contributed by atoms with E-state index in [4.69, 9.17) is 9.84 Å². The predicted octanol–water partition coefficient (Wildman–Crippen LogP) is 4.24. The summed E-state index contributed by atoms with van der Waals surface area (Å²) in [7, 11) is 1.50. The van der Waals surface area contributed by atoms with Crippen LogP contribution in [0.3, 0.4) is 0 Å². The molecule has 4 aromatic rings. The van der Waals surface area contributed by atoms with Crippen LogP contribution in [0.4, 0.5) is 8.78 Å². The summed E-state index contributed by atoms with van der Waals surface area (Å²) >= 11 is 0. The number of methoxy groups -OCH3 is 1. The van der Waals surface area contributed by atoms with Crippen LogP contribution in [0.1, 0.15) is 17.8 Å². The summed E-state index contributed by atoms with van der Waals surface area (Å²) in [6.07, 6.45) is 3.87. The summed E-state index contributed by atoms with van der Waals surface area (Å²) in [5, 5.41) is 5.68. The fourth-order valence-corrected chi connectivity index (χ4v) is 4.30. The van der Waals surface area contributed by atoms with E-state index in [1.165, 1.54) is 19.4 Å². The van der Waals surface area contributed by atoms with Gasteiger partial charge in [-0.15, -0.1) is 0 Å². The molecule has 0 spiro atoms. The highest BCUT2D eigenvalue weighted by atomic mass is 19.1. The van der Waals surface area contributed by atoms with E-state index in [2.05, 4.69) is 15.0 Å². The Morgan fingerprint density at radius 2 is 2.17 bits per heavy atom. The highest BCUT2D eigenvalue weighted by Crippen LogP contribution is 2.41. The lowest BCUT2D eigenvalue weighted by Gasteiger charge is -2.30. The SMILES string of the molecule is COCC1(F)CCc2c(-c3cc(C)nc4[nH]ccc34)c(-c3ccc(F)cn3)nn2C1. The second kappa shape index (κ2) is 6.98. The van der Waals surface area contributed by atoms with E-state index in [9.17, 15) is 4.39 Å². The molecular weight excluding hydrogens is 388 g/mol. The van der Waals surface area contributed by atoms with Crippen molar-refractivity contribution < 1.29 is 13.5 Å². The topological polar surface area (TPSA) is 68.6 Å². The van der Waals surface area contributed by atoms with Gasteiger partial charge in [-0.1, -0.05) is 0 Å². The van der Waals surface area contributed by atoms with E-state index in [0.29, 0.717) is 24.2 Å². The van der Waals surface area contributed by atoms with Crippen molar-refractivity contribution in [3.63, 3.8) is 0 Å². The maximum Gasteiger partial charge on any atom is 0.153 e. The first-order chi connectivity index (χ1) is 14.5. The summed E-state index contributed by atoms with van der Waals surface area (Å²) in [4.78, 5) is 12.0. The molecule has 154 valence electrons. The van der Waals surface area contributed by atoms with E-state index < -0.39 is 11.5 Å². The van der Waals surface area contributed by atoms with E-state index >= 15 is 4.39 Å². The number of hydrogen-bond donors (Lipinski definition) is 1. The second-order valence-corrected chi connectivity index (χ2v) is 7.82. The van der Waals surface area contributed by atoms with E-state index in [-0.39, 0.29) is 13.2 Å². The molecule has 1 aliphatic rings. The van der Waals surface area contributed by atoms with Crippen molar-refractivity contribution in [1.82, 2.24) is 24.7 Å². The Kier molecular flexibility index (Phi) is 4.39. The predicted molar refractivity (Wildman–Crippen MR) is 109 cm³/mol. The molecule has 0 amide bonds. The Bertz CT molecular complexity index is 1230. The van der Waals surface area contributed by atoms with Crippen molar-refractivity contribution in [2.75, 3.05) is 13.7 Å². The quantitative estimate of drug-likeness (QED) is 0.548. The minimum absolute atomic E-state index is 0.0161. The number of halogens is 2. The Morgan fingerprint density at radius 1 is 1.30 bits per heavy atom. The lowest BCUT2D eigenvalue weighted by atomic mass is 9.91. The molecule has 1 N–H and O–H groups in total. The average Bonchev–Trinajstić information content (AvgIpc) is 3.32. The molecule has 8 heteroatoms. The number of aromatic amines is 1. The number of ether oxygens (including phenoxy) is 1. The zero-order valence-electron chi connectivity index (χ0n) is 16.7. The van der Waals surface area contributed by atoms with Gasteiger partial charge in [0.25, 0.3) is 0 Å². The molecule has 0 saturated carbocycles. The number of pyridine rings is 2. The molecule has 0 bridgehead atoms. The fourth-order valence-electron chi connectivity index (χ4n) is 4.30. The van der Waals surface area contributed by atoms with Crippen molar-refractivity contribution in [3.05, 3.63) is 53.9 Å². The van der Waals surface area contributed by atoms with Crippen LogP contribution < -0.4 is 0 Å². The molecule has 5 rings (SSSR count). The van der Waals surface area contributed by atoms with E-state index in [0.717, 1.165) is 33.5 Å². The Morgan fingerprint density at radius 3 is 2.93 bits per heavy atom. The van der Waals surface area contributed by atoms with Gasteiger partial charge in [0.05, 0.1) is 25.0 Å². The standard InChI is InChI=1S/C22H21F2N5O/c1-13-9-16(15-6-8-25-21(15)27-13)19-18-5-7-22(24,12-30-2)11-29(18)28-20(19)17-4-3-14(23)10-26-17/h3-4,6,8-10H,5,7,11-12H2,1-2H3,(H,25,27). The molecule has 1 aliphatic heterocycles. The van der Waals surface area contributed by atoms with Crippen LogP contribution in [-0.2, 0) is 17.7 Å². The average molecular weight is 409 g/mol. The number of hydrogen-bond acceptors (Lipinski definition) is 4. The smallest absolute Gasteiger partial charge is 0.153 e. The molecule has 0 saturated heterocycles.